The Morgan fingerprint density at radius 1 is 1.50 bits per heavy atom. The molecular weight excluding hydrogens is 130 g/mol. The Kier molecular flexibility index (Phi) is 2.28. The molecule has 1 rings (SSSR count). The molecule has 10 heavy (non-hydrogen) atoms. The second-order valence-electron chi connectivity index (χ2n) is 3.04. The van der Waals surface area contributed by atoms with E-state index < -0.39 is 6.10 Å². The van der Waals surface area contributed by atoms with E-state index in [-0.39, 0.29) is 18.2 Å². The van der Waals surface area contributed by atoms with Crippen LogP contribution in [0.25, 0.3) is 0 Å². The number of rotatable bonds is 0. The maximum Gasteiger partial charge on any atom is 0.0950 e. The highest BCUT2D eigenvalue weighted by Gasteiger charge is 2.30. The Morgan fingerprint density at radius 2 is 2.10 bits per heavy atom. The van der Waals surface area contributed by atoms with Gasteiger partial charge in [-0.25, -0.2) is 0 Å². The van der Waals surface area contributed by atoms with Crippen molar-refractivity contribution < 1.29 is 9.84 Å². The summed E-state index contributed by atoms with van der Waals surface area (Å²) >= 11 is 0. The fraction of sp³-hybridized carbons (Fsp3) is 1.00. The largest absolute Gasteiger partial charge is 0.389 e. The van der Waals surface area contributed by atoms with Gasteiger partial charge in [0.25, 0.3) is 0 Å². The van der Waals surface area contributed by atoms with E-state index in [0.717, 1.165) is 6.42 Å². The van der Waals surface area contributed by atoms with Crippen molar-refractivity contribution >= 4 is 0 Å². The first-order chi connectivity index (χ1) is 4.61. The van der Waals surface area contributed by atoms with E-state index in [2.05, 4.69) is 0 Å². The van der Waals surface area contributed by atoms with Crippen molar-refractivity contribution in [3.63, 3.8) is 0 Å². The van der Waals surface area contributed by atoms with Crippen molar-refractivity contribution in [2.24, 2.45) is 5.73 Å². The molecule has 3 heteroatoms. The van der Waals surface area contributed by atoms with E-state index >= 15 is 0 Å². The maximum absolute atomic E-state index is 9.31. The van der Waals surface area contributed by atoms with Crippen LogP contribution in [-0.4, -0.2) is 29.5 Å². The van der Waals surface area contributed by atoms with Crippen LogP contribution in [0.2, 0.25) is 0 Å². The van der Waals surface area contributed by atoms with Crippen LogP contribution in [0.15, 0.2) is 0 Å². The van der Waals surface area contributed by atoms with E-state index in [9.17, 15) is 5.11 Å². The zero-order valence-electron chi connectivity index (χ0n) is 6.45. The summed E-state index contributed by atoms with van der Waals surface area (Å²) in [7, 11) is 0. The lowest BCUT2D eigenvalue weighted by Crippen LogP contribution is -2.50. The second-order valence-corrected chi connectivity index (χ2v) is 3.04. The van der Waals surface area contributed by atoms with Crippen LogP contribution in [0.3, 0.4) is 0 Å². The van der Waals surface area contributed by atoms with Gasteiger partial charge in [-0.1, -0.05) is 0 Å². The summed E-state index contributed by atoms with van der Waals surface area (Å²) in [5.74, 6) is 0. The van der Waals surface area contributed by atoms with Gasteiger partial charge in [0.05, 0.1) is 18.3 Å². The predicted octanol–water partition coefficient (Wildman–Crippen LogP) is -0.128. The highest BCUT2D eigenvalue weighted by atomic mass is 16.5. The van der Waals surface area contributed by atoms with Crippen molar-refractivity contribution in [1.82, 2.24) is 0 Å². The predicted molar refractivity (Wildman–Crippen MR) is 38.6 cm³/mol. The van der Waals surface area contributed by atoms with Gasteiger partial charge in [-0.2, -0.15) is 0 Å². The second kappa shape index (κ2) is 2.86. The SMILES string of the molecule is CC1C[C@H](N)[C@H](O)[C@H](C)O1. The number of aliphatic hydroxyl groups is 1. The Bertz CT molecular complexity index is 106. The number of hydrogen-bond acceptors (Lipinski definition) is 3. The quantitative estimate of drug-likeness (QED) is 0.499. The van der Waals surface area contributed by atoms with E-state index in [0.29, 0.717) is 0 Å². The van der Waals surface area contributed by atoms with Crippen LogP contribution >= 0.6 is 0 Å². The summed E-state index contributed by atoms with van der Waals surface area (Å²) in [6, 6.07) is -0.112. The first-order valence-corrected chi connectivity index (χ1v) is 3.70. The molecule has 1 aliphatic heterocycles. The molecule has 0 aromatic carbocycles. The van der Waals surface area contributed by atoms with Gasteiger partial charge in [-0.05, 0) is 20.3 Å². The molecule has 0 amide bonds. The smallest absolute Gasteiger partial charge is 0.0950 e. The van der Waals surface area contributed by atoms with Gasteiger partial charge in [0.1, 0.15) is 0 Å². The first-order valence-electron chi connectivity index (χ1n) is 3.70. The number of aliphatic hydroxyl groups excluding tert-OH is 1. The topological polar surface area (TPSA) is 55.5 Å². The van der Waals surface area contributed by atoms with Crippen molar-refractivity contribution in [3.05, 3.63) is 0 Å². The van der Waals surface area contributed by atoms with E-state index in [4.69, 9.17) is 10.5 Å². The molecule has 0 saturated carbocycles. The third-order valence-electron chi connectivity index (χ3n) is 1.97. The van der Waals surface area contributed by atoms with Crippen LogP contribution in [-0.2, 0) is 4.74 Å². The standard InChI is InChI=1S/C7H15NO2/c1-4-3-6(8)7(9)5(2)10-4/h4-7,9H,3,8H2,1-2H3/t4?,5-,6-,7+/m0/s1. The van der Waals surface area contributed by atoms with Crippen molar-refractivity contribution in [3.8, 4) is 0 Å². The first kappa shape index (κ1) is 7.98. The van der Waals surface area contributed by atoms with Gasteiger partial charge in [0.15, 0.2) is 0 Å². The summed E-state index contributed by atoms with van der Waals surface area (Å²) in [5.41, 5.74) is 5.63. The van der Waals surface area contributed by atoms with Gasteiger partial charge in [-0.3, -0.25) is 0 Å². The Morgan fingerprint density at radius 3 is 2.60 bits per heavy atom. The summed E-state index contributed by atoms with van der Waals surface area (Å²) < 4.78 is 5.34. The van der Waals surface area contributed by atoms with Gasteiger partial charge in [-0.15, -0.1) is 0 Å². The number of hydrogen-bond donors (Lipinski definition) is 2. The molecule has 1 unspecified atom stereocenters. The molecule has 0 spiro atoms. The lowest BCUT2D eigenvalue weighted by molar-refractivity contribution is -0.110. The molecule has 0 aromatic heterocycles. The van der Waals surface area contributed by atoms with Gasteiger partial charge >= 0.3 is 0 Å². The molecule has 0 aromatic rings. The van der Waals surface area contributed by atoms with Crippen molar-refractivity contribution in [2.75, 3.05) is 0 Å². The molecule has 1 heterocycles. The normalized spacial score (nSPS) is 49.2. The highest BCUT2D eigenvalue weighted by molar-refractivity contribution is 4.84. The minimum absolute atomic E-state index is 0.112. The van der Waals surface area contributed by atoms with Crippen molar-refractivity contribution in [2.45, 2.75) is 44.6 Å². The molecule has 3 N–H and O–H groups in total. The highest BCUT2D eigenvalue weighted by Crippen LogP contribution is 2.17. The van der Waals surface area contributed by atoms with Crippen LogP contribution < -0.4 is 5.73 Å². The molecule has 4 atom stereocenters. The average molecular weight is 145 g/mol. The van der Waals surface area contributed by atoms with Crippen LogP contribution in [0.5, 0.6) is 0 Å². The Labute approximate surface area is 61.2 Å². The minimum Gasteiger partial charge on any atom is -0.389 e. The number of nitrogens with two attached hydrogens (primary N) is 1. The molecule has 3 nitrogen and oxygen atoms in total. The monoisotopic (exact) mass is 145 g/mol. The third-order valence-corrected chi connectivity index (χ3v) is 1.97. The molecule has 0 radical (unpaired) electrons. The summed E-state index contributed by atoms with van der Waals surface area (Å²) in [5, 5.41) is 9.31. The fourth-order valence-corrected chi connectivity index (χ4v) is 1.37. The molecule has 1 saturated heterocycles. The molecule has 0 bridgehead atoms. The van der Waals surface area contributed by atoms with Crippen LogP contribution in [0.1, 0.15) is 20.3 Å². The molecule has 1 fully saturated rings. The van der Waals surface area contributed by atoms with Crippen LogP contribution in [0.4, 0.5) is 0 Å². The van der Waals surface area contributed by atoms with Crippen LogP contribution in [0, 0.1) is 0 Å². The molecular formula is C7H15NO2. The summed E-state index contributed by atoms with van der Waals surface area (Å²) in [6.07, 6.45) is 0.342. The molecule has 0 aliphatic carbocycles. The zero-order valence-corrected chi connectivity index (χ0v) is 6.45. The Balaban J connectivity index is 2.49. The fourth-order valence-electron chi connectivity index (χ4n) is 1.37. The van der Waals surface area contributed by atoms with Crippen molar-refractivity contribution in [1.29, 1.82) is 0 Å². The summed E-state index contributed by atoms with van der Waals surface area (Å²) in [4.78, 5) is 0. The number of ether oxygens (including phenoxy) is 1. The lowest BCUT2D eigenvalue weighted by Gasteiger charge is -2.34. The minimum atomic E-state index is -0.490. The maximum atomic E-state index is 9.31. The van der Waals surface area contributed by atoms with E-state index in [1.807, 2.05) is 13.8 Å². The van der Waals surface area contributed by atoms with Gasteiger partial charge in [0.2, 0.25) is 0 Å². The molecule has 1 aliphatic rings. The van der Waals surface area contributed by atoms with Gasteiger partial charge < -0.3 is 15.6 Å². The summed E-state index contributed by atoms with van der Waals surface area (Å²) in [6.45, 7) is 3.82. The van der Waals surface area contributed by atoms with E-state index in [1.54, 1.807) is 0 Å². The van der Waals surface area contributed by atoms with E-state index in [1.165, 1.54) is 0 Å². The Hall–Kier alpha value is -0.120. The van der Waals surface area contributed by atoms with Gasteiger partial charge in [0, 0.05) is 6.04 Å². The lowest BCUT2D eigenvalue weighted by atomic mass is 9.98. The third kappa shape index (κ3) is 1.48. The average Bonchev–Trinajstić information content (AvgIpc) is 1.82. The molecule has 60 valence electrons. The zero-order chi connectivity index (χ0) is 7.72.